The summed E-state index contributed by atoms with van der Waals surface area (Å²) in [5.74, 6) is 0.770. The normalized spacial score (nSPS) is 21.1. The zero-order valence-electron chi connectivity index (χ0n) is 14.6. The van der Waals surface area contributed by atoms with Gasteiger partial charge in [0.2, 0.25) is 5.91 Å². The van der Waals surface area contributed by atoms with E-state index >= 15 is 0 Å². The number of amides is 2. The molecule has 2 fully saturated rings. The van der Waals surface area contributed by atoms with E-state index in [9.17, 15) is 9.59 Å². The molecule has 0 aliphatic carbocycles. The van der Waals surface area contributed by atoms with Gasteiger partial charge in [-0.15, -0.1) is 0 Å². The number of carbonyl (C=O) groups excluding carboxylic acids is 2. The van der Waals surface area contributed by atoms with Gasteiger partial charge in [-0.1, -0.05) is 6.07 Å². The van der Waals surface area contributed by atoms with Crippen LogP contribution in [0, 0.1) is 0 Å². The Kier molecular flexibility index (Phi) is 5.88. The van der Waals surface area contributed by atoms with Crippen molar-refractivity contribution in [3.63, 3.8) is 0 Å². The van der Waals surface area contributed by atoms with Crippen LogP contribution in [0.2, 0.25) is 0 Å². The average Bonchev–Trinajstić information content (AvgIpc) is 2.68. The number of nitrogens with zero attached hydrogens (tertiary/aromatic N) is 2. The lowest BCUT2D eigenvalue weighted by molar-refractivity contribution is -0.133. The molecule has 2 aliphatic rings. The van der Waals surface area contributed by atoms with E-state index in [0.29, 0.717) is 57.1 Å². The molecule has 25 heavy (non-hydrogen) atoms. The van der Waals surface area contributed by atoms with Crippen LogP contribution in [0.15, 0.2) is 24.3 Å². The molecule has 1 aromatic rings. The maximum atomic E-state index is 12.6. The number of piperazine rings is 1. The van der Waals surface area contributed by atoms with Crippen molar-refractivity contribution in [2.75, 3.05) is 53.0 Å². The van der Waals surface area contributed by atoms with Crippen LogP contribution < -0.4 is 10.1 Å². The maximum Gasteiger partial charge on any atom is 0.254 e. The minimum atomic E-state index is -0.0200. The Balaban J connectivity index is 1.50. The third-order valence-corrected chi connectivity index (χ3v) is 4.66. The van der Waals surface area contributed by atoms with Gasteiger partial charge in [-0.25, -0.2) is 0 Å². The van der Waals surface area contributed by atoms with Gasteiger partial charge in [-0.05, 0) is 18.2 Å². The summed E-state index contributed by atoms with van der Waals surface area (Å²) < 4.78 is 10.6. The van der Waals surface area contributed by atoms with Crippen molar-refractivity contribution >= 4 is 11.8 Å². The van der Waals surface area contributed by atoms with Crippen molar-refractivity contribution in [2.45, 2.75) is 12.5 Å². The fraction of sp³-hybridized carbons (Fsp3) is 0.556. The van der Waals surface area contributed by atoms with Crippen molar-refractivity contribution in [2.24, 2.45) is 0 Å². The lowest BCUT2D eigenvalue weighted by Gasteiger charge is -2.36. The van der Waals surface area contributed by atoms with E-state index < -0.39 is 0 Å². The molecular weight excluding hydrogens is 322 g/mol. The number of methoxy groups -OCH3 is 1. The maximum absolute atomic E-state index is 12.6. The summed E-state index contributed by atoms with van der Waals surface area (Å²) >= 11 is 0. The van der Waals surface area contributed by atoms with Gasteiger partial charge in [0.25, 0.3) is 5.91 Å². The van der Waals surface area contributed by atoms with Crippen molar-refractivity contribution in [3.05, 3.63) is 29.8 Å². The number of carbonyl (C=O) groups is 2. The number of rotatable bonds is 4. The average molecular weight is 347 g/mol. The minimum absolute atomic E-state index is 0.0200. The molecule has 0 saturated carbocycles. The second kappa shape index (κ2) is 8.31. The first-order chi connectivity index (χ1) is 12.2. The Bertz CT molecular complexity index is 608. The van der Waals surface area contributed by atoms with Crippen molar-refractivity contribution in [1.82, 2.24) is 15.1 Å². The number of ether oxygens (including phenoxy) is 2. The van der Waals surface area contributed by atoms with Crippen LogP contribution >= 0.6 is 0 Å². The lowest BCUT2D eigenvalue weighted by atomic mass is 10.1. The Hall–Kier alpha value is -2.12. The molecule has 2 saturated heterocycles. The zero-order chi connectivity index (χ0) is 17.6. The molecule has 0 unspecified atom stereocenters. The van der Waals surface area contributed by atoms with Crippen molar-refractivity contribution < 1.29 is 19.1 Å². The monoisotopic (exact) mass is 347 g/mol. The third-order valence-electron chi connectivity index (χ3n) is 4.66. The molecule has 0 aromatic heterocycles. The van der Waals surface area contributed by atoms with E-state index in [4.69, 9.17) is 9.47 Å². The zero-order valence-corrected chi connectivity index (χ0v) is 14.6. The molecule has 2 aliphatic heterocycles. The van der Waals surface area contributed by atoms with Gasteiger partial charge in [0.15, 0.2) is 0 Å². The highest BCUT2D eigenvalue weighted by Gasteiger charge is 2.27. The molecule has 0 bridgehead atoms. The van der Waals surface area contributed by atoms with Gasteiger partial charge in [0.05, 0.1) is 20.3 Å². The van der Waals surface area contributed by atoms with Gasteiger partial charge in [0, 0.05) is 50.7 Å². The van der Waals surface area contributed by atoms with E-state index in [0.717, 1.165) is 6.54 Å². The Morgan fingerprint density at radius 2 is 2.00 bits per heavy atom. The van der Waals surface area contributed by atoms with Gasteiger partial charge in [-0.2, -0.15) is 0 Å². The van der Waals surface area contributed by atoms with Crippen LogP contribution in [0.25, 0.3) is 0 Å². The predicted octanol–water partition coefficient (Wildman–Crippen LogP) is 0.358. The highest BCUT2D eigenvalue weighted by atomic mass is 16.5. The first-order valence-electron chi connectivity index (χ1n) is 8.69. The summed E-state index contributed by atoms with van der Waals surface area (Å²) in [6.07, 6.45) is 0.448. The summed E-state index contributed by atoms with van der Waals surface area (Å²) in [4.78, 5) is 28.6. The number of nitrogens with one attached hydrogen (secondary N) is 1. The smallest absolute Gasteiger partial charge is 0.254 e. The fourth-order valence-electron chi connectivity index (χ4n) is 3.19. The molecule has 3 rings (SSSR count). The van der Waals surface area contributed by atoms with E-state index in [-0.39, 0.29) is 17.9 Å². The molecule has 1 aromatic carbocycles. The highest BCUT2D eigenvalue weighted by Crippen LogP contribution is 2.16. The summed E-state index contributed by atoms with van der Waals surface area (Å²) in [6.45, 7) is 4.33. The van der Waals surface area contributed by atoms with Crippen LogP contribution in [0.1, 0.15) is 16.8 Å². The molecule has 0 spiro atoms. The van der Waals surface area contributed by atoms with Crippen LogP contribution in [-0.2, 0) is 9.53 Å². The number of hydrogen-bond donors (Lipinski definition) is 1. The Morgan fingerprint density at radius 1 is 1.24 bits per heavy atom. The summed E-state index contributed by atoms with van der Waals surface area (Å²) in [7, 11) is 1.58. The topological polar surface area (TPSA) is 71.1 Å². The first-order valence-corrected chi connectivity index (χ1v) is 8.69. The van der Waals surface area contributed by atoms with Gasteiger partial charge in [-0.3, -0.25) is 9.59 Å². The van der Waals surface area contributed by atoms with E-state index in [2.05, 4.69) is 5.32 Å². The Morgan fingerprint density at radius 3 is 2.68 bits per heavy atom. The molecule has 2 heterocycles. The van der Waals surface area contributed by atoms with E-state index in [1.54, 1.807) is 24.1 Å². The summed E-state index contributed by atoms with van der Waals surface area (Å²) in [5.41, 5.74) is 0.614. The summed E-state index contributed by atoms with van der Waals surface area (Å²) in [6, 6.07) is 7.26. The fourth-order valence-corrected chi connectivity index (χ4v) is 3.19. The predicted molar refractivity (Wildman–Crippen MR) is 92.7 cm³/mol. The standard InChI is InChI=1S/C18H25N3O4/c1-24-16-4-2-3-14(11-16)18(23)21-8-6-20(7-9-21)17(22)12-15-13-25-10-5-19-15/h2-4,11,15,19H,5-10,12-13H2,1H3/t15-/m1/s1. The molecule has 0 radical (unpaired) electrons. The molecule has 2 amide bonds. The summed E-state index contributed by atoms with van der Waals surface area (Å²) in [5, 5.41) is 3.30. The lowest BCUT2D eigenvalue weighted by Crippen LogP contribution is -2.52. The van der Waals surface area contributed by atoms with Crippen LogP contribution in [0.5, 0.6) is 5.75 Å². The Labute approximate surface area is 147 Å². The van der Waals surface area contributed by atoms with Gasteiger partial charge < -0.3 is 24.6 Å². The SMILES string of the molecule is COc1cccc(C(=O)N2CCN(C(=O)C[C@@H]3COCCN3)CC2)c1. The number of benzene rings is 1. The van der Waals surface area contributed by atoms with Gasteiger partial charge in [0.1, 0.15) is 5.75 Å². The van der Waals surface area contributed by atoms with Crippen molar-refractivity contribution in [3.8, 4) is 5.75 Å². The van der Waals surface area contributed by atoms with E-state index in [1.807, 2.05) is 17.0 Å². The van der Waals surface area contributed by atoms with Gasteiger partial charge >= 0.3 is 0 Å². The molecule has 7 nitrogen and oxygen atoms in total. The molecular formula is C18H25N3O4. The number of hydrogen-bond acceptors (Lipinski definition) is 5. The first kappa shape index (κ1) is 17.7. The van der Waals surface area contributed by atoms with Crippen LogP contribution in [-0.4, -0.2) is 80.7 Å². The van der Waals surface area contributed by atoms with Crippen LogP contribution in [0.4, 0.5) is 0 Å². The second-order valence-electron chi connectivity index (χ2n) is 6.34. The van der Waals surface area contributed by atoms with Crippen LogP contribution in [0.3, 0.4) is 0 Å². The third kappa shape index (κ3) is 4.49. The molecule has 1 atom stereocenters. The number of morpholine rings is 1. The second-order valence-corrected chi connectivity index (χ2v) is 6.34. The quantitative estimate of drug-likeness (QED) is 0.851. The highest BCUT2D eigenvalue weighted by molar-refractivity contribution is 5.94. The molecule has 136 valence electrons. The molecule has 7 heteroatoms. The van der Waals surface area contributed by atoms with Crippen molar-refractivity contribution in [1.29, 1.82) is 0 Å². The molecule has 1 N–H and O–H groups in total. The largest absolute Gasteiger partial charge is 0.497 e. The van der Waals surface area contributed by atoms with E-state index in [1.165, 1.54) is 0 Å². The minimum Gasteiger partial charge on any atom is -0.497 e.